The molecule has 0 aliphatic heterocycles. The van der Waals surface area contributed by atoms with Crippen LogP contribution in [0.5, 0.6) is 0 Å². The minimum Gasteiger partial charge on any atom is -0.461 e. The fourth-order valence-corrected chi connectivity index (χ4v) is 2.62. The van der Waals surface area contributed by atoms with Gasteiger partial charge in [-0.15, -0.1) is 11.3 Å². The van der Waals surface area contributed by atoms with Gasteiger partial charge in [-0.1, -0.05) is 19.3 Å². The highest BCUT2D eigenvalue weighted by Gasteiger charge is 2.18. The number of hydrogen-bond donors (Lipinski definition) is 1. The van der Waals surface area contributed by atoms with Gasteiger partial charge in [0.2, 0.25) is 5.01 Å². The van der Waals surface area contributed by atoms with Crippen LogP contribution in [-0.2, 0) is 4.74 Å². The number of thiazole rings is 1. The van der Waals surface area contributed by atoms with E-state index in [2.05, 4.69) is 10.3 Å². The molecule has 0 atom stereocenters. The molecule has 1 aromatic heterocycles. The average molecular weight is 282 g/mol. The lowest BCUT2D eigenvalue weighted by Gasteiger charge is -2.24. The predicted octanol–water partition coefficient (Wildman–Crippen LogP) is 2.24. The number of carbonyl (C=O) groups excluding carboxylic acids is 2. The number of hydrogen-bond acceptors (Lipinski definition) is 5. The average Bonchev–Trinajstić information content (AvgIpc) is 2.82. The number of aromatic nitrogens is 1. The van der Waals surface area contributed by atoms with Crippen molar-refractivity contribution >= 4 is 23.2 Å². The molecular formula is C13H18N2O3S. The molecule has 0 radical (unpaired) electrons. The third-order valence-electron chi connectivity index (χ3n) is 3.25. The molecule has 104 valence electrons. The molecule has 2 rings (SSSR count). The zero-order valence-corrected chi connectivity index (χ0v) is 11.8. The quantitative estimate of drug-likeness (QED) is 0.812. The SMILES string of the molecule is CCOC(=O)c1nc(C(=O)NCCC2CCC2)cs1. The summed E-state index contributed by atoms with van der Waals surface area (Å²) < 4.78 is 4.83. The van der Waals surface area contributed by atoms with Gasteiger partial charge in [-0.2, -0.15) is 0 Å². The van der Waals surface area contributed by atoms with E-state index >= 15 is 0 Å². The summed E-state index contributed by atoms with van der Waals surface area (Å²) >= 11 is 1.13. The second-order valence-electron chi connectivity index (χ2n) is 4.60. The smallest absolute Gasteiger partial charge is 0.367 e. The van der Waals surface area contributed by atoms with Crippen LogP contribution in [0.3, 0.4) is 0 Å². The molecule has 6 heteroatoms. The van der Waals surface area contributed by atoms with Gasteiger partial charge in [0.25, 0.3) is 5.91 Å². The van der Waals surface area contributed by atoms with Crippen molar-refractivity contribution < 1.29 is 14.3 Å². The number of nitrogens with one attached hydrogen (secondary N) is 1. The molecule has 0 spiro atoms. The molecule has 19 heavy (non-hydrogen) atoms. The first kappa shape index (κ1) is 14.0. The molecule has 1 N–H and O–H groups in total. The number of ether oxygens (including phenoxy) is 1. The van der Waals surface area contributed by atoms with Crippen LogP contribution in [0.2, 0.25) is 0 Å². The number of esters is 1. The van der Waals surface area contributed by atoms with Gasteiger partial charge in [-0.3, -0.25) is 4.79 Å². The first-order valence-corrected chi connectivity index (χ1v) is 7.49. The van der Waals surface area contributed by atoms with Gasteiger partial charge in [0, 0.05) is 11.9 Å². The van der Waals surface area contributed by atoms with E-state index in [4.69, 9.17) is 4.74 Å². The zero-order chi connectivity index (χ0) is 13.7. The van der Waals surface area contributed by atoms with Crippen molar-refractivity contribution in [1.29, 1.82) is 0 Å². The Hall–Kier alpha value is -1.43. The first-order valence-electron chi connectivity index (χ1n) is 6.61. The normalized spacial score (nSPS) is 14.8. The van der Waals surface area contributed by atoms with E-state index in [1.807, 2.05) is 0 Å². The van der Waals surface area contributed by atoms with Crippen molar-refractivity contribution in [2.45, 2.75) is 32.6 Å². The Labute approximate surface area is 116 Å². The maximum atomic E-state index is 11.8. The largest absolute Gasteiger partial charge is 0.461 e. The lowest BCUT2D eigenvalue weighted by molar-refractivity contribution is 0.0526. The Morgan fingerprint density at radius 2 is 2.32 bits per heavy atom. The Balaban J connectivity index is 1.79. The Morgan fingerprint density at radius 1 is 1.53 bits per heavy atom. The molecule has 0 bridgehead atoms. The molecule has 0 unspecified atom stereocenters. The zero-order valence-electron chi connectivity index (χ0n) is 11.0. The van der Waals surface area contributed by atoms with E-state index in [1.54, 1.807) is 12.3 Å². The number of carbonyl (C=O) groups is 2. The van der Waals surface area contributed by atoms with Crippen LogP contribution in [0, 0.1) is 5.92 Å². The van der Waals surface area contributed by atoms with E-state index < -0.39 is 5.97 Å². The van der Waals surface area contributed by atoms with Gasteiger partial charge in [0.05, 0.1) is 6.61 Å². The van der Waals surface area contributed by atoms with Crippen LogP contribution < -0.4 is 5.32 Å². The van der Waals surface area contributed by atoms with Gasteiger partial charge < -0.3 is 10.1 Å². The molecule has 5 nitrogen and oxygen atoms in total. The van der Waals surface area contributed by atoms with E-state index in [-0.39, 0.29) is 10.9 Å². The fourth-order valence-electron chi connectivity index (χ4n) is 1.93. The predicted molar refractivity (Wildman–Crippen MR) is 72.4 cm³/mol. The molecular weight excluding hydrogens is 264 g/mol. The number of amides is 1. The summed E-state index contributed by atoms with van der Waals surface area (Å²) in [6, 6.07) is 0. The highest BCUT2D eigenvalue weighted by molar-refractivity contribution is 7.11. The van der Waals surface area contributed by atoms with E-state index in [1.165, 1.54) is 19.3 Å². The molecule has 1 fully saturated rings. The topological polar surface area (TPSA) is 68.3 Å². The van der Waals surface area contributed by atoms with Gasteiger partial charge in [0.15, 0.2) is 0 Å². The maximum absolute atomic E-state index is 11.8. The molecule has 1 heterocycles. The molecule has 1 saturated carbocycles. The van der Waals surface area contributed by atoms with E-state index in [0.717, 1.165) is 23.7 Å². The maximum Gasteiger partial charge on any atom is 0.367 e. The van der Waals surface area contributed by atoms with Crippen molar-refractivity contribution in [3.8, 4) is 0 Å². The summed E-state index contributed by atoms with van der Waals surface area (Å²) in [5.74, 6) is 0.0815. The summed E-state index contributed by atoms with van der Waals surface area (Å²) in [7, 11) is 0. The highest BCUT2D eigenvalue weighted by atomic mass is 32.1. The summed E-state index contributed by atoms with van der Waals surface area (Å²) in [5.41, 5.74) is 0.293. The lowest BCUT2D eigenvalue weighted by atomic mass is 9.83. The van der Waals surface area contributed by atoms with Crippen LogP contribution in [-0.4, -0.2) is 30.0 Å². The van der Waals surface area contributed by atoms with Gasteiger partial charge in [0.1, 0.15) is 5.69 Å². The lowest BCUT2D eigenvalue weighted by Crippen LogP contribution is -2.27. The van der Waals surface area contributed by atoms with Crippen molar-refractivity contribution in [2.75, 3.05) is 13.2 Å². The van der Waals surface area contributed by atoms with E-state index in [0.29, 0.717) is 18.8 Å². The van der Waals surface area contributed by atoms with Crippen molar-refractivity contribution in [3.63, 3.8) is 0 Å². The fraction of sp³-hybridized carbons (Fsp3) is 0.615. The Morgan fingerprint density at radius 3 is 2.95 bits per heavy atom. The Bertz CT molecular complexity index is 454. The first-order chi connectivity index (χ1) is 9.20. The monoisotopic (exact) mass is 282 g/mol. The third kappa shape index (κ3) is 3.76. The summed E-state index contributed by atoms with van der Waals surface area (Å²) in [6.45, 7) is 2.72. The van der Waals surface area contributed by atoms with Crippen LogP contribution in [0.15, 0.2) is 5.38 Å². The van der Waals surface area contributed by atoms with E-state index in [9.17, 15) is 9.59 Å². The minimum atomic E-state index is -0.471. The van der Waals surface area contributed by atoms with Crippen LogP contribution in [0.1, 0.15) is 52.9 Å². The van der Waals surface area contributed by atoms with Crippen LogP contribution in [0.25, 0.3) is 0 Å². The second kappa shape index (κ2) is 6.65. The number of nitrogens with zero attached hydrogens (tertiary/aromatic N) is 1. The summed E-state index contributed by atoms with van der Waals surface area (Å²) in [6.07, 6.45) is 4.90. The van der Waals surface area contributed by atoms with Crippen molar-refractivity contribution in [2.24, 2.45) is 5.92 Å². The van der Waals surface area contributed by atoms with Crippen LogP contribution >= 0.6 is 11.3 Å². The summed E-state index contributed by atoms with van der Waals surface area (Å²) in [4.78, 5) is 27.2. The standard InChI is InChI=1S/C13H18N2O3S/c1-2-18-13(17)12-15-10(8-19-12)11(16)14-7-6-9-4-3-5-9/h8-9H,2-7H2,1H3,(H,14,16). The second-order valence-corrected chi connectivity index (χ2v) is 5.46. The molecule has 1 aliphatic rings. The number of rotatable bonds is 6. The third-order valence-corrected chi connectivity index (χ3v) is 4.07. The highest BCUT2D eigenvalue weighted by Crippen LogP contribution is 2.28. The molecule has 0 saturated heterocycles. The molecule has 1 aliphatic carbocycles. The van der Waals surface area contributed by atoms with Gasteiger partial charge in [-0.25, -0.2) is 9.78 Å². The van der Waals surface area contributed by atoms with Crippen molar-refractivity contribution in [3.05, 3.63) is 16.1 Å². The van der Waals surface area contributed by atoms with Crippen LogP contribution in [0.4, 0.5) is 0 Å². The van der Waals surface area contributed by atoms with Crippen molar-refractivity contribution in [1.82, 2.24) is 10.3 Å². The molecule has 0 aromatic carbocycles. The molecule has 1 aromatic rings. The summed E-state index contributed by atoms with van der Waals surface area (Å²) in [5, 5.41) is 4.65. The van der Waals surface area contributed by atoms with Gasteiger partial charge in [-0.05, 0) is 19.3 Å². The minimum absolute atomic E-state index is 0.217. The van der Waals surface area contributed by atoms with Gasteiger partial charge >= 0.3 is 5.97 Å². The Kier molecular flexibility index (Phi) is 4.90. The molecule has 1 amide bonds.